The van der Waals surface area contributed by atoms with Gasteiger partial charge >= 0.3 is 6.09 Å². The van der Waals surface area contributed by atoms with Crippen LogP contribution in [0, 0.1) is 5.92 Å². The lowest BCUT2D eigenvalue weighted by Gasteiger charge is -2.32. The summed E-state index contributed by atoms with van der Waals surface area (Å²) in [7, 11) is 0. The number of carbonyl (C=O) groups is 1. The van der Waals surface area contributed by atoms with Crippen molar-refractivity contribution in [2.75, 3.05) is 10.6 Å². The first-order chi connectivity index (χ1) is 16.8. The number of nitrogens with two attached hydrogens (primary N) is 1. The highest BCUT2D eigenvalue weighted by Crippen LogP contribution is 2.40. The Bertz CT molecular complexity index is 1350. The van der Waals surface area contributed by atoms with Gasteiger partial charge in [-0.25, -0.2) is 9.78 Å². The summed E-state index contributed by atoms with van der Waals surface area (Å²) in [5.74, 6) is 0.347. The highest BCUT2D eigenvalue weighted by atomic mass is 35.5. The molecule has 0 saturated carbocycles. The van der Waals surface area contributed by atoms with E-state index >= 15 is 0 Å². The average molecular weight is 486 g/mol. The molecule has 0 spiro atoms. The smallest absolute Gasteiger partial charge is 0.415 e. The minimum atomic E-state index is -0.660. The van der Waals surface area contributed by atoms with Crippen LogP contribution < -0.4 is 10.6 Å². The Morgan fingerprint density at radius 1 is 1.00 bits per heavy atom. The summed E-state index contributed by atoms with van der Waals surface area (Å²) in [5, 5.41) is 8.49. The van der Waals surface area contributed by atoms with Crippen molar-refractivity contribution < 1.29 is 9.53 Å². The molecular weight excluding hydrogens is 462 g/mol. The number of carbonyl (C=O) groups excluding carboxylic acids is 1. The van der Waals surface area contributed by atoms with Crippen LogP contribution in [-0.2, 0) is 4.74 Å². The molecule has 1 aliphatic carbocycles. The molecule has 3 heterocycles. The number of halogens is 1. The van der Waals surface area contributed by atoms with Gasteiger partial charge in [-0.2, -0.15) is 10.2 Å². The molecule has 1 fully saturated rings. The van der Waals surface area contributed by atoms with Crippen molar-refractivity contribution in [3.05, 3.63) is 90.3 Å². The van der Waals surface area contributed by atoms with Crippen molar-refractivity contribution in [2.45, 2.75) is 25.5 Å². The number of hydrogen-bond donors (Lipinski definition) is 1. The number of hydrogen-bond acceptors (Lipinski definition) is 6. The molecule has 3 aromatic rings. The van der Waals surface area contributed by atoms with Gasteiger partial charge in [-0.3, -0.25) is 4.90 Å². The third-order valence-corrected chi connectivity index (χ3v) is 6.40. The second-order valence-corrected chi connectivity index (χ2v) is 9.42. The van der Waals surface area contributed by atoms with Crippen molar-refractivity contribution in [2.24, 2.45) is 5.92 Å². The Morgan fingerprint density at radius 2 is 1.71 bits per heavy atom. The van der Waals surface area contributed by atoms with E-state index in [0.717, 1.165) is 16.8 Å². The SMILES string of the molecule is CC1(C)OC(=O)N(c2ccc(-c3cnc(N)c(-c4cc(Cl)cnn4)c3)cc2)C1C1C=CC=CC=C1. The quantitative estimate of drug-likeness (QED) is 0.498. The fourth-order valence-corrected chi connectivity index (χ4v) is 4.72. The van der Waals surface area contributed by atoms with Gasteiger partial charge < -0.3 is 10.5 Å². The van der Waals surface area contributed by atoms with Crippen LogP contribution in [0.3, 0.4) is 0 Å². The minimum Gasteiger partial charge on any atom is -0.441 e. The van der Waals surface area contributed by atoms with Crippen LogP contribution >= 0.6 is 11.6 Å². The zero-order valence-corrected chi connectivity index (χ0v) is 20.1. The number of nitrogen functional groups attached to an aromatic ring is 1. The first-order valence-corrected chi connectivity index (χ1v) is 11.6. The predicted molar refractivity (Wildman–Crippen MR) is 138 cm³/mol. The number of aromatic nitrogens is 3. The molecule has 1 aliphatic heterocycles. The Morgan fingerprint density at radius 3 is 2.40 bits per heavy atom. The van der Waals surface area contributed by atoms with Crippen LogP contribution in [0.25, 0.3) is 22.4 Å². The first-order valence-electron chi connectivity index (χ1n) is 11.2. The van der Waals surface area contributed by atoms with Gasteiger partial charge in [0.2, 0.25) is 0 Å². The summed E-state index contributed by atoms with van der Waals surface area (Å²) in [6, 6.07) is 11.1. The molecular formula is C27H24ClN5O2. The van der Waals surface area contributed by atoms with E-state index in [-0.39, 0.29) is 18.1 Å². The summed E-state index contributed by atoms with van der Waals surface area (Å²) < 4.78 is 5.78. The van der Waals surface area contributed by atoms with Crippen molar-refractivity contribution in [1.82, 2.24) is 15.2 Å². The zero-order valence-electron chi connectivity index (χ0n) is 19.3. The second-order valence-electron chi connectivity index (χ2n) is 8.98. The van der Waals surface area contributed by atoms with Crippen molar-refractivity contribution in [1.29, 1.82) is 0 Å². The molecule has 1 atom stereocenters. The van der Waals surface area contributed by atoms with E-state index in [1.54, 1.807) is 17.2 Å². The topological polar surface area (TPSA) is 94.2 Å². The Balaban J connectivity index is 1.48. The Kier molecular flexibility index (Phi) is 5.86. The predicted octanol–water partition coefficient (Wildman–Crippen LogP) is 5.84. The van der Waals surface area contributed by atoms with Crippen molar-refractivity contribution in [3.8, 4) is 22.4 Å². The van der Waals surface area contributed by atoms with Crippen molar-refractivity contribution in [3.63, 3.8) is 0 Å². The second kappa shape index (κ2) is 9.00. The zero-order chi connectivity index (χ0) is 24.6. The number of ether oxygens (including phenoxy) is 1. The number of amides is 1. The number of benzene rings is 1. The number of rotatable bonds is 4. The molecule has 2 N–H and O–H groups in total. The molecule has 35 heavy (non-hydrogen) atoms. The number of nitrogens with zero attached hydrogens (tertiary/aromatic N) is 4. The van der Waals surface area contributed by atoms with Crippen LogP contribution in [0.5, 0.6) is 0 Å². The van der Waals surface area contributed by atoms with E-state index in [0.29, 0.717) is 22.1 Å². The molecule has 5 rings (SSSR count). The average Bonchev–Trinajstić information content (AvgIpc) is 2.99. The highest BCUT2D eigenvalue weighted by molar-refractivity contribution is 6.30. The van der Waals surface area contributed by atoms with E-state index in [9.17, 15) is 4.79 Å². The van der Waals surface area contributed by atoms with Gasteiger partial charge in [0.25, 0.3) is 0 Å². The standard InChI is InChI=1S/C27H24ClN5O2/c1-27(2)24(18-7-5-3-4-6-8-18)33(26(34)35-27)21-11-9-17(10-12-21)19-13-22(25(29)30-15-19)23-14-20(28)16-31-32-23/h3-16,18,24H,1-2H3,(H2,29,30). The molecule has 0 radical (unpaired) electrons. The van der Waals surface area contributed by atoms with E-state index < -0.39 is 5.60 Å². The largest absolute Gasteiger partial charge is 0.441 e. The van der Waals surface area contributed by atoms with E-state index in [1.165, 1.54) is 6.20 Å². The normalized spacial score (nSPS) is 19.1. The number of cyclic esters (lactones) is 1. The summed E-state index contributed by atoms with van der Waals surface area (Å²) in [4.78, 5) is 19.0. The van der Waals surface area contributed by atoms with Crippen molar-refractivity contribution >= 4 is 29.2 Å². The van der Waals surface area contributed by atoms with Crippen LogP contribution in [0.4, 0.5) is 16.3 Å². The molecule has 1 saturated heterocycles. The Labute approximate surface area is 208 Å². The maximum Gasteiger partial charge on any atom is 0.415 e. The molecule has 2 aliphatic rings. The maximum atomic E-state index is 12.9. The third-order valence-electron chi connectivity index (χ3n) is 6.20. The van der Waals surface area contributed by atoms with Gasteiger partial charge in [0.1, 0.15) is 11.4 Å². The van der Waals surface area contributed by atoms with E-state index in [2.05, 4.69) is 27.3 Å². The lowest BCUT2D eigenvalue weighted by molar-refractivity contribution is 0.0638. The van der Waals surface area contributed by atoms with Crippen LogP contribution in [0.2, 0.25) is 5.02 Å². The van der Waals surface area contributed by atoms with Crippen LogP contribution in [0.1, 0.15) is 13.8 Å². The fraction of sp³-hybridized carbons (Fsp3) is 0.185. The highest BCUT2D eigenvalue weighted by Gasteiger charge is 2.50. The van der Waals surface area contributed by atoms with Gasteiger partial charge in [0.15, 0.2) is 0 Å². The van der Waals surface area contributed by atoms with Gasteiger partial charge in [-0.1, -0.05) is 60.2 Å². The first kappa shape index (κ1) is 22.8. The summed E-state index contributed by atoms with van der Waals surface area (Å²) in [6.07, 6.45) is 15.0. The molecule has 1 unspecified atom stereocenters. The lowest BCUT2D eigenvalue weighted by Crippen LogP contribution is -2.46. The summed E-state index contributed by atoms with van der Waals surface area (Å²) in [5.41, 5.74) is 9.16. The Hall–Kier alpha value is -3.97. The van der Waals surface area contributed by atoms with E-state index in [1.807, 2.05) is 68.5 Å². The maximum absolute atomic E-state index is 12.9. The minimum absolute atomic E-state index is 0.00814. The third kappa shape index (κ3) is 4.42. The lowest BCUT2D eigenvalue weighted by atomic mass is 9.86. The molecule has 1 aromatic carbocycles. The molecule has 2 aromatic heterocycles. The number of pyridine rings is 1. The summed E-state index contributed by atoms with van der Waals surface area (Å²) >= 11 is 6.07. The van der Waals surface area contributed by atoms with Crippen LogP contribution in [-0.4, -0.2) is 32.9 Å². The van der Waals surface area contributed by atoms with Crippen LogP contribution in [0.15, 0.2) is 85.2 Å². The molecule has 7 nitrogen and oxygen atoms in total. The van der Waals surface area contributed by atoms with Gasteiger partial charge in [-0.05, 0) is 43.7 Å². The van der Waals surface area contributed by atoms with E-state index in [4.69, 9.17) is 22.1 Å². The molecule has 0 bridgehead atoms. The number of anilines is 2. The molecule has 1 amide bonds. The van der Waals surface area contributed by atoms with Gasteiger partial charge in [-0.15, -0.1) is 0 Å². The summed E-state index contributed by atoms with van der Waals surface area (Å²) in [6.45, 7) is 3.90. The molecule has 176 valence electrons. The fourth-order valence-electron chi connectivity index (χ4n) is 4.58. The number of allylic oxidation sites excluding steroid dienone is 4. The van der Waals surface area contributed by atoms with Gasteiger partial charge in [0.05, 0.1) is 23.0 Å². The monoisotopic (exact) mass is 485 g/mol. The molecule has 8 heteroatoms. The van der Waals surface area contributed by atoms with Gasteiger partial charge in [0, 0.05) is 28.9 Å².